The summed E-state index contributed by atoms with van der Waals surface area (Å²) < 4.78 is 0. The standard InChI is InChI=1S/C17H26N6S2.HI/c1-12-13(2)25-15(21-12)10-20-16(18-3)19-7-6-14-11-24-17(22-14)23-8-4-5-9-23;/h11H,4-10H2,1-3H3,(H2,18,19,20);1H. The zero-order valence-corrected chi connectivity index (χ0v) is 19.5. The van der Waals surface area contributed by atoms with E-state index in [1.54, 1.807) is 29.7 Å². The van der Waals surface area contributed by atoms with Crippen molar-refractivity contribution in [2.75, 3.05) is 31.6 Å². The lowest BCUT2D eigenvalue weighted by atomic mass is 10.3. The lowest BCUT2D eigenvalue weighted by molar-refractivity contribution is 0.782. The molecule has 3 rings (SSSR count). The van der Waals surface area contributed by atoms with Crippen molar-refractivity contribution >= 4 is 57.7 Å². The van der Waals surface area contributed by atoms with Crippen LogP contribution in [-0.4, -0.2) is 42.6 Å². The van der Waals surface area contributed by atoms with Gasteiger partial charge in [0.25, 0.3) is 0 Å². The van der Waals surface area contributed by atoms with Crippen LogP contribution in [0.2, 0.25) is 0 Å². The molecule has 1 aliphatic heterocycles. The van der Waals surface area contributed by atoms with Crippen molar-refractivity contribution in [2.24, 2.45) is 4.99 Å². The highest BCUT2D eigenvalue weighted by Gasteiger charge is 2.15. The Bertz CT molecular complexity index is 701. The molecule has 0 unspecified atom stereocenters. The smallest absolute Gasteiger partial charge is 0.191 e. The number of aliphatic imine (C=N–C) groups is 1. The molecule has 2 aromatic rings. The topological polar surface area (TPSA) is 65.4 Å². The number of rotatable bonds is 6. The minimum atomic E-state index is 0. The third kappa shape index (κ3) is 5.78. The van der Waals surface area contributed by atoms with E-state index in [1.165, 1.54) is 22.9 Å². The number of thiazole rings is 2. The fourth-order valence-electron chi connectivity index (χ4n) is 2.77. The minimum Gasteiger partial charge on any atom is -0.356 e. The molecule has 144 valence electrons. The predicted octanol–water partition coefficient (Wildman–Crippen LogP) is 3.34. The zero-order chi connectivity index (χ0) is 17.6. The van der Waals surface area contributed by atoms with Crippen LogP contribution in [0.15, 0.2) is 10.4 Å². The Labute approximate surface area is 180 Å². The fourth-order valence-corrected chi connectivity index (χ4v) is 4.56. The van der Waals surface area contributed by atoms with Gasteiger partial charge in [0.05, 0.1) is 17.9 Å². The molecule has 0 aromatic carbocycles. The van der Waals surface area contributed by atoms with Gasteiger partial charge >= 0.3 is 0 Å². The Kier molecular flexibility index (Phi) is 8.55. The summed E-state index contributed by atoms with van der Waals surface area (Å²) in [4.78, 5) is 17.2. The van der Waals surface area contributed by atoms with Crippen LogP contribution in [-0.2, 0) is 13.0 Å². The number of guanidine groups is 1. The molecule has 0 atom stereocenters. The summed E-state index contributed by atoms with van der Waals surface area (Å²) in [6, 6.07) is 0. The first-order valence-corrected chi connectivity index (χ1v) is 10.4. The normalized spacial score (nSPS) is 14.4. The quantitative estimate of drug-likeness (QED) is 0.358. The Balaban J connectivity index is 0.00000243. The Morgan fingerprint density at radius 1 is 1.23 bits per heavy atom. The van der Waals surface area contributed by atoms with Crippen molar-refractivity contribution in [3.8, 4) is 0 Å². The Morgan fingerprint density at radius 3 is 2.65 bits per heavy atom. The maximum Gasteiger partial charge on any atom is 0.191 e. The second-order valence-corrected chi connectivity index (χ2v) is 8.29. The van der Waals surface area contributed by atoms with Gasteiger partial charge in [-0.1, -0.05) is 0 Å². The van der Waals surface area contributed by atoms with Crippen LogP contribution < -0.4 is 15.5 Å². The number of nitrogens with one attached hydrogen (secondary N) is 2. The molecule has 3 heterocycles. The van der Waals surface area contributed by atoms with E-state index in [9.17, 15) is 0 Å². The van der Waals surface area contributed by atoms with Gasteiger partial charge in [-0.25, -0.2) is 9.97 Å². The van der Waals surface area contributed by atoms with Crippen LogP contribution in [0.4, 0.5) is 5.13 Å². The highest BCUT2D eigenvalue weighted by Crippen LogP contribution is 2.24. The van der Waals surface area contributed by atoms with Gasteiger partial charge in [-0.05, 0) is 26.7 Å². The van der Waals surface area contributed by atoms with E-state index in [4.69, 9.17) is 4.98 Å². The molecular formula is C17H27IN6S2. The van der Waals surface area contributed by atoms with Crippen LogP contribution in [0, 0.1) is 13.8 Å². The molecule has 1 saturated heterocycles. The third-order valence-corrected chi connectivity index (χ3v) is 6.32. The number of anilines is 1. The number of hydrogen-bond acceptors (Lipinski definition) is 6. The van der Waals surface area contributed by atoms with E-state index in [-0.39, 0.29) is 24.0 Å². The number of aryl methyl sites for hydroxylation is 2. The van der Waals surface area contributed by atoms with Crippen molar-refractivity contribution in [2.45, 2.75) is 39.7 Å². The molecule has 0 amide bonds. The first kappa shape index (κ1) is 21.4. The summed E-state index contributed by atoms with van der Waals surface area (Å²) in [6.07, 6.45) is 3.48. The number of halogens is 1. The third-order valence-electron chi connectivity index (χ3n) is 4.29. The molecule has 26 heavy (non-hydrogen) atoms. The SMILES string of the molecule is CN=C(NCCc1csc(N2CCCC2)n1)NCc1nc(C)c(C)s1.I. The van der Waals surface area contributed by atoms with Gasteiger partial charge in [-0.3, -0.25) is 4.99 Å². The van der Waals surface area contributed by atoms with Gasteiger partial charge in [-0.2, -0.15) is 0 Å². The molecule has 1 fully saturated rings. The van der Waals surface area contributed by atoms with Crippen LogP contribution in [0.1, 0.15) is 34.1 Å². The molecule has 0 radical (unpaired) electrons. The van der Waals surface area contributed by atoms with Gasteiger partial charge in [0.15, 0.2) is 11.1 Å². The molecule has 9 heteroatoms. The lowest BCUT2D eigenvalue weighted by Gasteiger charge is -2.12. The molecule has 2 N–H and O–H groups in total. The second kappa shape index (κ2) is 10.4. The van der Waals surface area contributed by atoms with Crippen LogP contribution >= 0.6 is 46.7 Å². The predicted molar refractivity (Wildman–Crippen MR) is 122 cm³/mol. The van der Waals surface area contributed by atoms with Crippen LogP contribution in [0.25, 0.3) is 0 Å². The van der Waals surface area contributed by atoms with Crippen molar-refractivity contribution < 1.29 is 0 Å². The van der Waals surface area contributed by atoms with Crippen molar-refractivity contribution in [3.05, 3.63) is 26.7 Å². The largest absolute Gasteiger partial charge is 0.356 e. The summed E-state index contributed by atoms with van der Waals surface area (Å²) in [7, 11) is 1.79. The van der Waals surface area contributed by atoms with Gasteiger partial charge in [0.1, 0.15) is 5.01 Å². The summed E-state index contributed by atoms with van der Waals surface area (Å²) in [6.45, 7) is 7.98. The Morgan fingerprint density at radius 2 is 2.00 bits per heavy atom. The van der Waals surface area contributed by atoms with Gasteiger partial charge in [0, 0.05) is 43.4 Å². The van der Waals surface area contributed by atoms with Crippen LogP contribution in [0.5, 0.6) is 0 Å². The van der Waals surface area contributed by atoms with E-state index < -0.39 is 0 Å². The monoisotopic (exact) mass is 506 g/mol. The molecule has 0 saturated carbocycles. The number of nitrogens with zero attached hydrogens (tertiary/aromatic N) is 4. The van der Waals surface area contributed by atoms with E-state index in [1.807, 2.05) is 6.92 Å². The maximum absolute atomic E-state index is 4.76. The highest BCUT2D eigenvalue weighted by atomic mass is 127. The van der Waals surface area contributed by atoms with E-state index >= 15 is 0 Å². The molecule has 0 aliphatic carbocycles. The summed E-state index contributed by atoms with van der Waals surface area (Å²) >= 11 is 3.49. The minimum absolute atomic E-state index is 0. The summed E-state index contributed by atoms with van der Waals surface area (Å²) in [5, 5.41) is 11.1. The van der Waals surface area contributed by atoms with Crippen molar-refractivity contribution in [3.63, 3.8) is 0 Å². The lowest BCUT2D eigenvalue weighted by Crippen LogP contribution is -2.37. The summed E-state index contributed by atoms with van der Waals surface area (Å²) in [5.41, 5.74) is 2.27. The van der Waals surface area contributed by atoms with Gasteiger partial charge < -0.3 is 15.5 Å². The van der Waals surface area contributed by atoms with Gasteiger partial charge in [0.2, 0.25) is 0 Å². The molecule has 1 aliphatic rings. The molecule has 0 spiro atoms. The fraction of sp³-hybridized carbons (Fsp3) is 0.588. The molecular weight excluding hydrogens is 479 g/mol. The maximum atomic E-state index is 4.76. The first-order valence-electron chi connectivity index (χ1n) is 8.72. The second-order valence-electron chi connectivity index (χ2n) is 6.17. The number of aromatic nitrogens is 2. The average molecular weight is 506 g/mol. The average Bonchev–Trinajstić information content (AvgIpc) is 3.33. The van der Waals surface area contributed by atoms with Crippen molar-refractivity contribution in [1.82, 2.24) is 20.6 Å². The van der Waals surface area contributed by atoms with E-state index in [2.05, 4.69) is 37.8 Å². The first-order chi connectivity index (χ1) is 12.2. The molecule has 0 bridgehead atoms. The summed E-state index contributed by atoms with van der Waals surface area (Å²) in [5.74, 6) is 0.806. The molecule has 6 nitrogen and oxygen atoms in total. The van der Waals surface area contributed by atoms with E-state index in [0.717, 1.165) is 48.4 Å². The zero-order valence-electron chi connectivity index (χ0n) is 15.5. The highest BCUT2D eigenvalue weighted by molar-refractivity contribution is 14.0. The van der Waals surface area contributed by atoms with Crippen molar-refractivity contribution in [1.29, 1.82) is 0 Å². The molecule has 2 aromatic heterocycles. The Hall–Kier alpha value is -0.940. The van der Waals surface area contributed by atoms with Gasteiger partial charge in [-0.15, -0.1) is 46.7 Å². The van der Waals surface area contributed by atoms with E-state index in [0.29, 0.717) is 6.54 Å². The number of hydrogen-bond donors (Lipinski definition) is 2. The van der Waals surface area contributed by atoms with Crippen LogP contribution in [0.3, 0.4) is 0 Å².